The number of allylic oxidation sites excluding steroid dienone is 1. The average molecular weight is 623 g/mol. The molecular weight excluding hydrogens is 573 g/mol. The molecule has 0 radical (unpaired) electrons. The minimum Gasteiger partial charge on any atom is -0.508 e. The second kappa shape index (κ2) is 25.5. The van der Waals surface area contributed by atoms with Crippen LogP contribution in [0.3, 0.4) is 0 Å². The van der Waals surface area contributed by atoms with Crippen molar-refractivity contribution in [1.82, 2.24) is 10.2 Å². The van der Waals surface area contributed by atoms with Crippen LogP contribution in [-0.4, -0.2) is 73.3 Å². The quantitative estimate of drug-likeness (QED) is 0.0754. The molecule has 44 heavy (non-hydrogen) atoms. The monoisotopic (exact) mass is 622 g/mol. The van der Waals surface area contributed by atoms with Crippen molar-refractivity contribution in [3.05, 3.63) is 103 Å². The molecule has 7 nitrogen and oxygen atoms in total. The molecule has 4 N–H and O–H groups in total. The summed E-state index contributed by atoms with van der Waals surface area (Å²) in [6, 6.07) is 11.3. The Bertz CT molecular complexity index is 1120. The van der Waals surface area contributed by atoms with Gasteiger partial charge in [-0.2, -0.15) is 0 Å². The van der Waals surface area contributed by atoms with Crippen molar-refractivity contribution in [2.45, 2.75) is 45.6 Å². The molecule has 0 aliphatic heterocycles. The first-order chi connectivity index (χ1) is 21.2. The van der Waals surface area contributed by atoms with Crippen LogP contribution in [0.2, 0.25) is 0 Å². The molecule has 2 rings (SSSR count). The van der Waals surface area contributed by atoms with Crippen LogP contribution in [0.4, 0.5) is 13.2 Å². The maximum Gasteiger partial charge on any atom is 0.263 e. The van der Waals surface area contributed by atoms with Crippen LogP contribution in [-0.2, 0) is 4.79 Å². The van der Waals surface area contributed by atoms with E-state index in [-0.39, 0.29) is 36.5 Å². The van der Waals surface area contributed by atoms with Crippen LogP contribution in [0.25, 0.3) is 5.70 Å². The number of hydrogen-bond donors (Lipinski definition) is 4. The molecule has 10 heteroatoms. The number of carbonyl (C=O) groups is 1. The van der Waals surface area contributed by atoms with Crippen LogP contribution in [0.1, 0.15) is 56.2 Å². The van der Waals surface area contributed by atoms with Gasteiger partial charge in [0.1, 0.15) is 11.5 Å². The molecule has 0 saturated carbocycles. The van der Waals surface area contributed by atoms with E-state index in [0.29, 0.717) is 43.7 Å². The molecule has 2 atom stereocenters. The molecule has 0 spiro atoms. The summed E-state index contributed by atoms with van der Waals surface area (Å²) in [6.07, 6.45) is 4.44. The van der Waals surface area contributed by atoms with Crippen molar-refractivity contribution in [3.8, 4) is 11.5 Å². The Balaban J connectivity index is 0. The summed E-state index contributed by atoms with van der Waals surface area (Å²) < 4.78 is 41.8. The maximum atomic E-state index is 13.3. The first kappa shape index (κ1) is 42.1. The highest BCUT2D eigenvalue weighted by Gasteiger charge is 2.28. The van der Waals surface area contributed by atoms with Crippen LogP contribution in [0.5, 0.6) is 11.5 Å². The fraction of sp³-hybridized carbons (Fsp3) is 0.382. The molecule has 2 aromatic carbocycles. The summed E-state index contributed by atoms with van der Waals surface area (Å²) >= 11 is 0. The van der Waals surface area contributed by atoms with Gasteiger partial charge >= 0.3 is 0 Å². The van der Waals surface area contributed by atoms with Crippen molar-refractivity contribution >= 4 is 12.1 Å². The Morgan fingerprint density at radius 3 is 2.11 bits per heavy atom. The Hall–Kier alpha value is -4.02. The number of benzene rings is 2. The third-order valence-corrected chi connectivity index (χ3v) is 6.14. The molecule has 246 valence electrons. The van der Waals surface area contributed by atoms with Crippen molar-refractivity contribution in [2.75, 3.05) is 40.6 Å². The predicted octanol–water partition coefficient (Wildman–Crippen LogP) is 6.80. The van der Waals surface area contributed by atoms with Crippen molar-refractivity contribution in [3.63, 3.8) is 0 Å². The third kappa shape index (κ3) is 14.4. The first-order valence-electron chi connectivity index (χ1n) is 14.1. The minimum atomic E-state index is -2.59. The SMILES string of the molecule is C=C.C=C(c1ccc(C(F)F)cc1OCC)N(C)C(C(/C=C\CO)=C/CC)C(C)c1ccc(O)cc1.CF.O=CNCCO. The Morgan fingerprint density at radius 2 is 1.66 bits per heavy atom. The number of amides is 1. The van der Waals surface area contributed by atoms with E-state index in [9.17, 15) is 28.2 Å². The van der Waals surface area contributed by atoms with E-state index in [1.165, 1.54) is 12.1 Å². The van der Waals surface area contributed by atoms with Crippen molar-refractivity contribution < 1.29 is 38.0 Å². The molecule has 0 heterocycles. The third-order valence-electron chi connectivity index (χ3n) is 6.14. The second-order valence-corrected chi connectivity index (χ2v) is 8.86. The van der Waals surface area contributed by atoms with Crippen molar-refractivity contribution in [1.29, 1.82) is 0 Å². The van der Waals surface area contributed by atoms with Crippen LogP contribution >= 0.6 is 0 Å². The standard InChI is InChI=1S/C28H35F2NO3.C3H7NO2.C2H4.CH3F/c1-6-9-22(10-8-17-32)27(19(3)21-11-14-24(33)15-12-21)31(5)20(4)25-16-13-23(28(29)30)18-26(25)34-7-2;5-2-1-4-3-6;2*1-2/h8-16,18-19,27-28,32-33H,4,6-7,17H2,1-3,5H3;3,5H,1-2H2,(H,4,6);1-2H2;1H3/b10-8-,22-9+;;;. The molecule has 0 bridgehead atoms. The molecule has 0 saturated heterocycles. The molecule has 0 aliphatic carbocycles. The highest BCUT2D eigenvalue weighted by molar-refractivity contribution is 5.69. The lowest BCUT2D eigenvalue weighted by Crippen LogP contribution is -2.36. The normalized spacial score (nSPS) is 11.9. The summed E-state index contributed by atoms with van der Waals surface area (Å²) in [5, 5.41) is 29.4. The smallest absolute Gasteiger partial charge is 0.263 e. The number of aliphatic hydroxyl groups excluding tert-OH is 2. The van der Waals surface area contributed by atoms with Gasteiger partial charge in [-0.15, -0.1) is 13.2 Å². The number of carbonyl (C=O) groups excluding carboxylic acids is 1. The summed E-state index contributed by atoms with van der Waals surface area (Å²) in [6.45, 7) is 16.8. The van der Waals surface area contributed by atoms with E-state index >= 15 is 0 Å². The number of rotatable bonds is 15. The number of nitrogens with one attached hydrogen (secondary N) is 1. The van der Waals surface area contributed by atoms with Crippen molar-refractivity contribution in [2.24, 2.45) is 0 Å². The summed E-state index contributed by atoms with van der Waals surface area (Å²) in [5.74, 6) is 0.523. The number of ether oxygens (including phenoxy) is 1. The highest BCUT2D eigenvalue weighted by atomic mass is 19.3. The first-order valence-corrected chi connectivity index (χ1v) is 14.1. The molecule has 0 aliphatic rings. The van der Waals surface area contributed by atoms with Crippen LogP contribution in [0.15, 0.2) is 86.0 Å². The zero-order valence-electron chi connectivity index (χ0n) is 26.5. The van der Waals surface area contributed by atoms with Gasteiger partial charge in [-0.3, -0.25) is 9.18 Å². The summed E-state index contributed by atoms with van der Waals surface area (Å²) in [4.78, 5) is 11.4. The average Bonchev–Trinajstić information content (AvgIpc) is 3.04. The molecule has 2 unspecified atom stereocenters. The van der Waals surface area contributed by atoms with Gasteiger partial charge in [0.05, 0.1) is 33.0 Å². The number of phenols is 1. The van der Waals surface area contributed by atoms with Gasteiger partial charge in [0.25, 0.3) is 6.43 Å². The maximum absolute atomic E-state index is 13.3. The zero-order chi connectivity index (χ0) is 34.1. The number of aliphatic hydroxyl groups is 2. The number of phenolic OH excluding ortho intramolecular Hbond substituents is 1. The minimum absolute atomic E-state index is 0.0126. The number of halogens is 3. The van der Waals surface area contributed by atoms with E-state index < -0.39 is 6.43 Å². The number of nitrogens with zero attached hydrogens (tertiary/aromatic N) is 1. The molecule has 0 fully saturated rings. The fourth-order valence-electron chi connectivity index (χ4n) is 4.19. The molecule has 2 aromatic rings. The Labute approximate surface area is 260 Å². The van der Waals surface area contributed by atoms with Crippen LogP contribution in [0, 0.1) is 0 Å². The van der Waals surface area contributed by atoms with Crippen LogP contribution < -0.4 is 10.1 Å². The van der Waals surface area contributed by atoms with E-state index in [4.69, 9.17) is 9.84 Å². The lowest BCUT2D eigenvalue weighted by atomic mass is 9.86. The molecule has 1 amide bonds. The second-order valence-electron chi connectivity index (χ2n) is 8.86. The van der Waals surface area contributed by atoms with Gasteiger partial charge in [-0.25, -0.2) is 8.78 Å². The number of alkyl halides is 3. The predicted molar refractivity (Wildman–Crippen MR) is 174 cm³/mol. The van der Waals surface area contributed by atoms with Gasteiger partial charge in [-0.05, 0) is 48.7 Å². The Kier molecular flexibility index (Phi) is 24.4. The number of hydrogen-bond acceptors (Lipinski definition) is 6. The van der Waals surface area contributed by atoms with E-state index in [2.05, 4.69) is 38.1 Å². The highest BCUT2D eigenvalue weighted by Crippen LogP contribution is 2.37. The Morgan fingerprint density at radius 1 is 1.07 bits per heavy atom. The molecule has 0 aromatic heterocycles. The van der Waals surface area contributed by atoms with Gasteiger partial charge in [-0.1, -0.05) is 56.9 Å². The van der Waals surface area contributed by atoms with E-state index in [1.807, 2.05) is 44.0 Å². The van der Waals surface area contributed by atoms with E-state index in [0.717, 1.165) is 17.6 Å². The van der Waals surface area contributed by atoms with E-state index in [1.54, 1.807) is 24.3 Å². The lowest BCUT2D eigenvalue weighted by Gasteiger charge is -2.37. The summed E-state index contributed by atoms with van der Waals surface area (Å²) in [5.41, 5.74) is 3.16. The fourth-order valence-corrected chi connectivity index (χ4v) is 4.19. The van der Waals surface area contributed by atoms with Gasteiger partial charge in [0.15, 0.2) is 0 Å². The molecular formula is C34H49F3N2O5. The van der Waals surface area contributed by atoms with Gasteiger partial charge < -0.3 is 30.3 Å². The summed E-state index contributed by atoms with van der Waals surface area (Å²) in [7, 11) is 2.41. The van der Waals surface area contributed by atoms with Gasteiger partial charge in [0.2, 0.25) is 6.41 Å². The number of aromatic hydroxyl groups is 1. The topological polar surface area (TPSA) is 102 Å². The zero-order valence-corrected chi connectivity index (χ0v) is 26.5. The lowest BCUT2D eigenvalue weighted by molar-refractivity contribution is -0.109. The number of likely N-dealkylation sites (N-methyl/N-ethyl adjacent to an activating group) is 1. The van der Waals surface area contributed by atoms with Gasteiger partial charge in [0, 0.05) is 36.3 Å². The largest absolute Gasteiger partial charge is 0.508 e.